The normalized spacial score (nSPS) is 9.88. The van der Waals surface area contributed by atoms with Crippen molar-refractivity contribution in [2.45, 2.75) is 0 Å². The summed E-state index contributed by atoms with van der Waals surface area (Å²) in [6, 6.07) is 10.4. The fourth-order valence-corrected chi connectivity index (χ4v) is 1.89. The molecule has 2 aromatic rings. The lowest BCUT2D eigenvalue weighted by atomic mass is 10.2. The van der Waals surface area contributed by atoms with Gasteiger partial charge in [-0.1, -0.05) is 0 Å². The summed E-state index contributed by atoms with van der Waals surface area (Å²) < 4.78 is 10.2. The van der Waals surface area contributed by atoms with Gasteiger partial charge in [0, 0.05) is 17.3 Å². The van der Waals surface area contributed by atoms with E-state index in [-0.39, 0.29) is 17.0 Å². The summed E-state index contributed by atoms with van der Waals surface area (Å²) in [7, 11) is 1.53. The van der Waals surface area contributed by atoms with Crippen molar-refractivity contribution < 1.29 is 24.0 Å². The van der Waals surface area contributed by atoms with Crippen molar-refractivity contribution in [2.75, 3.05) is 19.0 Å². The molecule has 0 unspecified atom stereocenters. The van der Waals surface area contributed by atoms with Crippen LogP contribution >= 0.6 is 0 Å². The van der Waals surface area contributed by atoms with E-state index in [2.05, 4.69) is 5.32 Å². The molecule has 0 saturated heterocycles. The van der Waals surface area contributed by atoms with Crippen LogP contribution in [0, 0.1) is 10.1 Å². The summed E-state index contributed by atoms with van der Waals surface area (Å²) in [4.78, 5) is 32.8. The first-order valence-electron chi connectivity index (χ1n) is 6.84. The number of methoxy groups -OCH3 is 1. The molecular weight excluding hydrogens is 316 g/mol. The van der Waals surface area contributed by atoms with Crippen molar-refractivity contribution in [1.29, 1.82) is 0 Å². The van der Waals surface area contributed by atoms with Gasteiger partial charge in [-0.25, -0.2) is 0 Å². The van der Waals surface area contributed by atoms with Gasteiger partial charge < -0.3 is 14.8 Å². The number of ether oxygens (including phenoxy) is 2. The van der Waals surface area contributed by atoms with Gasteiger partial charge in [-0.15, -0.1) is 0 Å². The molecule has 0 radical (unpaired) electrons. The molecule has 1 N–H and O–H groups in total. The Labute approximate surface area is 137 Å². The number of aldehydes is 1. The number of nitrogens with one attached hydrogen (secondary N) is 1. The molecule has 0 aliphatic heterocycles. The topological polar surface area (TPSA) is 108 Å². The third-order valence-electron chi connectivity index (χ3n) is 3.05. The Kier molecular flexibility index (Phi) is 5.45. The molecule has 2 aromatic carbocycles. The monoisotopic (exact) mass is 330 g/mol. The van der Waals surface area contributed by atoms with Crippen LogP contribution < -0.4 is 14.8 Å². The summed E-state index contributed by atoms with van der Waals surface area (Å²) >= 11 is 0. The Balaban J connectivity index is 2.00. The van der Waals surface area contributed by atoms with Crippen LogP contribution in [0.25, 0.3) is 0 Å². The molecule has 0 aliphatic rings. The highest BCUT2D eigenvalue weighted by atomic mass is 16.6. The van der Waals surface area contributed by atoms with Crippen molar-refractivity contribution in [3.63, 3.8) is 0 Å². The van der Waals surface area contributed by atoms with E-state index in [0.29, 0.717) is 17.7 Å². The molecule has 0 bridgehead atoms. The lowest BCUT2D eigenvalue weighted by Crippen LogP contribution is -2.20. The fraction of sp³-hybridized carbons (Fsp3) is 0.125. The Morgan fingerprint density at radius 3 is 2.54 bits per heavy atom. The second kappa shape index (κ2) is 7.73. The number of nitrogens with zero attached hydrogens (tertiary/aromatic N) is 1. The summed E-state index contributed by atoms with van der Waals surface area (Å²) in [6.07, 6.45) is 0.493. The van der Waals surface area contributed by atoms with E-state index in [1.54, 1.807) is 24.3 Å². The van der Waals surface area contributed by atoms with Crippen LogP contribution in [0.5, 0.6) is 11.5 Å². The lowest BCUT2D eigenvalue weighted by molar-refractivity contribution is -0.385. The highest BCUT2D eigenvalue weighted by molar-refractivity contribution is 5.92. The number of hydrogen-bond donors (Lipinski definition) is 1. The SMILES string of the molecule is COc1ccc(NC(=O)COc2ccc(C=O)cc2[N+](=O)[O-])cc1. The quantitative estimate of drug-likeness (QED) is 0.474. The number of nitro benzene ring substituents is 1. The lowest BCUT2D eigenvalue weighted by Gasteiger charge is -2.08. The number of carbonyl (C=O) groups is 2. The fourth-order valence-electron chi connectivity index (χ4n) is 1.89. The molecule has 0 spiro atoms. The van der Waals surface area contributed by atoms with Crippen molar-refractivity contribution >= 4 is 23.6 Å². The van der Waals surface area contributed by atoms with Crippen LogP contribution in [0.15, 0.2) is 42.5 Å². The van der Waals surface area contributed by atoms with Gasteiger partial charge in [-0.3, -0.25) is 19.7 Å². The van der Waals surface area contributed by atoms with Crippen molar-refractivity contribution in [1.82, 2.24) is 0 Å². The maximum atomic E-state index is 11.9. The molecule has 1 amide bonds. The van der Waals surface area contributed by atoms with E-state index in [1.165, 1.54) is 19.2 Å². The van der Waals surface area contributed by atoms with Gasteiger partial charge in [-0.05, 0) is 36.4 Å². The summed E-state index contributed by atoms with van der Waals surface area (Å²) in [5.41, 5.74) is 0.309. The molecule has 8 nitrogen and oxygen atoms in total. The standard InChI is InChI=1S/C16H14N2O6/c1-23-13-5-3-12(4-6-13)17-16(20)10-24-15-7-2-11(9-19)8-14(15)18(21)22/h2-9H,10H2,1H3,(H,17,20). The summed E-state index contributed by atoms with van der Waals surface area (Å²) in [5.74, 6) is 0.0829. The molecule has 8 heteroatoms. The number of anilines is 1. The number of carbonyl (C=O) groups excluding carboxylic acids is 2. The molecule has 24 heavy (non-hydrogen) atoms. The van der Waals surface area contributed by atoms with Gasteiger partial charge in [0.2, 0.25) is 0 Å². The second-order valence-electron chi connectivity index (χ2n) is 4.67. The van der Waals surface area contributed by atoms with Gasteiger partial charge >= 0.3 is 5.69 Å². The van der Waals surface area contributed by atoms with E-state index < -0.39 is 17.4 Å². The maximum Gasteiger partial charge on any atom is 0.311 e. The zero-order chi connectivity index (χ0) is 17.5. The molecule has 2 rings (SSSR count). The first kappa shape index (κ1) is 16.9. The Morgan fingerprint density at radius 2 is 1.96 bits per heavy atom. The van der Waals surface area contributed by atoms with E-state index >= 15 is 0 Å². The Morgan fingerprint density at radius 1 is 1.25 bits per heavy atom. The minimum Gasteiger partial charge on any atom is -0.497 e. The van der Waals surface area contributed by atoms with Crippen LogP contribution in [0.1, 0.15) is 10.4 Å². The number of rotatable bonds is 7. The number of benzene rings is 2. The van der Waals surface area contributed by atoms with E-state index in [1.807, 2.05) is 0 Å². The molecule has 0 aliphatic carbocycles. The van der Waals surface area contributed by atoms with Gasteiger partial charge in [0.1, 0.15) is 12.0 Å². The predicted molar refractivity (Wildman–Crippen MR) is 85.6 cm³/mol. The first-order chi connectivity index (χ1) is 11.5. The zero-order valence-corrected chi connectivity index (χ0v) is 12.7. The number of nitro groups is 1. The summed E-state index contributed by atoms with van der Waals surface area (Å²) in [5, 5.41) is 13.6. The largest absolute Gasteiger partial charge is 0.497 e. The van der Waals surface area contributed by atoms with E-state index in [4.69, 9.17) is 9.47 Å². The van der Waals surface area contributed by atoms with Crippen molar-refractivity contribution in [3.8, 4) is 11.5 Å². The smallest absolute Gasteiger partial charge is 0.311 e. The Bertz CT molecular complexity index is 758. The molecular formula is C16H14N2O6. The highest BCUT2D eigenvalue weighted by Gasteiger charge is 2.17. The van der Waals surface area contributed by atoms with Crippen molar-refractivity contribution in [3.05, 3.63) is 58.1 Å². The maximum absolute atomic E-state index is 11.9. The zero-order valence-electron chi connectivity index (χ0n) is 12.7. The average molecular weight is 330 g/mol. The highest BCUT2D eigenvalue weighted by Crippen LogP contribution is 2.27. The van der Waals surface area contributed by atoms with Gasteiger partial charge in [0.15, 0.2) is 12.4 Å². The third-order valence-corrected chi connectivity index (χ3v) is 3.05. The van der Waals surface area contributed by atoms with E-state index in [0.717, 1.165) is 6.07 Å². The van der Waals surface area contributed by atoms with Gasteiger partial charge in [-0.2, -0.15) is 0 Å². The number of amides is 1. The third kappa shape index (κ3) is 4.29. The molecule has 0 aromatic heterocycles. The Hall–Kier alpha value is -3.42. The van der Waals surface area contributed by atoms with E-state index in [9.17, 15) is 19.7 Å². The van der Waals surface area contributed by atoms with Crippen molar-refractivity contribution in [2.24, 2.45) is 0 Å². The van der Waals surface area contributed by atoms with Gasteiger partial charge in [0.05, 0.1) is 12.0 Å². The minimum absolute atomic E-state index is 0.0875. The van der Waals surface area contributed by atoms with Crippen LogP contribution in [0.4, 0.5) is 11.4 Å². The minimum atomic E-state index is -0.677. The molecule has 0 heterocycles. The van der Waals surface area contributed by atoms with Crippen LogP contribution in [0.3, 0.4) is 0 Å². The predicted octanol–water partition coefficient (Wildman–Crippen LogP) is 2.43. The molecule has 0 fully saturated rings. The van der Waals surface area contributed by atoms with Crippen LogP contribution in [-0.4, -0.2) is 30.8 Å². The molecule has 0 atom stereocenters. The molecule has 124 valence electrons. The summed E-state index contributed by atoms with van der Waals surface area (Å²) in [6.45, 7) is -0.409. The first-order valence-corrected chi connectivity index (χ1v) is 6.84. The average Bonchev–Trinajstić information content (AvgIpc) is 2.60. The second-order valence-corrected chi connectivity index (χ2v) is 4.67. The van der Waals surface area contributed by atoms with Crippen LogP contribution in [-0.2, 0) is 4.79 Å². The molecule has 0 saturated carbocycles. The number of hydrogen-bond acceptors (Lipinski definition) is 6. The van der Waals surface area contributed by atoms with Gasteiger partial charge in [0.25, 0.3) is 5.91 Å². The van der Waals surface area contributed by atoms with Crippen LogP contribution in [0.2, 0.25) is 0 Å².